The van der Waals surface area contributed by atoms with Crippen molar-refractivity contribution in [1.29, 1.82) is 0 Å². The van der Waals surface area contributed by atoms with Gasteiger partial charge in [0.05, 0.1) is 0 Å². The number of halogens is 1. The van der Waals surface area contributed by atoms with Crippen LogP contribution in [-0.4, -0.2) is 11.9 Å². The number of hydrogen-bond donors (Lipinski definition) is 2. The molecule has 1 amide bonds. The molecule has 0 bridgehead atoms. The maximum absolute atomic E-state index is 13.0. The molecule has 1 aliphatic rings. The Hall–Kier alpha value is -1.42. The highest BCUT2D eigenvalue weighted by atomic mass is 19.1. The molecule has 3 N–H and O–H groups in total. The van der Waals surface area contributed by atoms with Gasteiger partial charge in [0, 0.05) is 6.04 Å². The van der Waals surface area contributed by atoms with Crippen LogP contribution in [0.4, 0.5) is 4.39 Å². The predicted molar refractivity (Wildman–Crippen MR) is 77.4 cm³/mol. The van der Waals surface area contributed by atoms with E-state index in [1.807, 2.05) is 0 Å². The van der Waals surface area contributed by atoms with Gasteiger partial charge in [-0.05, 0) is 36.0 Å². The molecule has 2 rings (SSSR count). The van der Waals surface area contributed by atoms with Gasteiger partial charge in [-0.1, -0.05) is 38.8 Å². The topological polar surface area (TPSA) is 55.1 Å². The first kappa shape index (κ1) is 15.0. The van der Waals surface area contributed by atoms with Gasteiger partial charge in [0.1, 0.15) is 11.9 Å². The average Bonchev–Trinajstić information content (AvgIpc) is 2.41. The Bertz CT molecular complexity index is 460. The highest BCUT2D eigenvalue weighted by Gasteiger charge is 2.30. The summed E-state index contributed by atoms with van der Waals surface area (Å²) >= 11 is 0. The summed E-state index contributed by atoms with van der Waals surface area (Å²) in [6.45, 7) is 4.46. The van der Waals surface area contributed by atoms with Gasteiger partial charge in [-0.25, -0.2) is 4.39 Å². The lowest BCUT2D eigenvalue weighted by atomic mass is 9.77. The molecule has 1 aromatic carbocycles. The molecule has 4 heteroatoms. The van der Waals surface area contributed by atoms with E-state index < -0.39 is 11.9 Å². The standard InChI is InChI=1S/C16H23FN2O/c1-10-4-3-5-14(11(10)2)19-15(16(18)20)12-6-8-13(17)9-7-12/h6-11,14-15,19H,3-5H2,1-2H3,(H2,18,20). The molecule has 20 heavy (non-hydrogen) atoms. The summed E-state index contributed by atoms with van der Waals surface area (Å²) in [7, 11) is 0. The molecule has 0 heterocycles. The smallest absolute Gasteiger partial charge is 0.239 e. The summed E-state index contributed by atoms with van der Waals surface area (Å²) < 4.78 is 13.0. The van der Waals surface area contributed by atoms with Gasteiger partial charge in [0.25, 0.3) is 0 Å². The third-order valence-corrected chi connectivity index (χ3v) is 4.58. The fraction of sp³-hybridized carbons (Fsp3) is 0.562. The summed E-state index contributed by atoms with van der Waals surface area (Å²) in [4.78, 5) is 11.7. The zero-order valence-corrected chi connectivity index (χ0v) is 12.1. The number of primary amides is 1. The van der Waals surface area contributed by atoms with Crippen LogP contribution in [0, 0.1) is 17.7 Å². The molecule has 0 saturated heterocycles. The van der Waals surface area contributed by atoms with Crippen LogP contribution in [0.1, 0.15) is 44.7 Å². The number of rotatable bonds is 4. The number of hydrogen-bond acceptors (Lipinski definition) is 2. The molecule has 4 atom stereocenters. The van der Waals surface area contributed by atoms with Gasteiger partial charge in [0.2, 0.25) is 5.91 Å². The maximum atomic E-state index is 13.0. The van der Waals surface area contributed by atoms with Crippen molar-refractivity contribution in [3.05, 3.63) is 35.6 Å². The van der Waals surface area contributed by atoms with Crippen LogP contribution < -0.4 is 11.1 Å². The zero-order valence-electron chi connectivity index (χ0n) is 12.1. The molecule has 1 fully saturated rings. The van der Waals surface area contributed by atoms with Crippen molar-refractivity contribution in [2.24, 2.45) is 17.6 Å². The maximum Gasteiger partial charge on any atom is 0.239 e. The van der Waals surface area contributed by atoms with Gasteiger partial charge in [-0.2, -0.15) is 0 Å². The first-order valence-electron chi connectivity index (χ1n) is 7.30. The second kappa shape index (κ2) is 6.35. The van der Waals surface area contributed by atoms with Crippen molar-refractivity contribution in [3.8, 4) is 0 Å². The van der Waals surface area contributed by atoms with Crippen molar-refractivity contribution in [3.63, 3.8) is 0 Å². The molecule has 1 aliphatic carbocycles. The number of carbonyl (C=O) groups is 1. The van der Waals surface area contributed by atoms with E-state index in [1.54, 1.807) is 12.1 Å². The van der Waals surface area contributed by atoms with Crippen LogP contribution in [0.2, 0.25) is 0 Å². The normalized spacial score (nSPS) is 28.1. The Morgan fingerprint density at radius 2 is 1.95 bits per heavy atom. The molecule has 0 aliphatic heterocycles. The van der Waals surface area contributed by atoms with Gasteiger partial charge in [0.15, 0.2) is 0 Å². The Morgan fingerprint density at radius 3 is 2.55 bits per heavy atom. The fourth-order valence-electron chi connectivity index (χ4n) is 3.03. The molecule has 0 aromatic heterocycles. The van der Waals surface area contributed by atoms with E-state index in [4.69, 9.17) is 5.73 Å². The van der Waals surface area contributed by atoms with E-state index in [0.29, 0.717) is 11.8 Å². The number of nitrogens with one attached hydrogen (secondary N) is 1. The molecule has 4 unspecified atom stereocenters. The Labute approximate surface area is 119 Å². The van der Waals surface area contributed by atoms with Crippen LogP contribution in [-0.2, 0) is 4.79 Å². The van der Waals surface area contributed by atoms with Crippen molar-refractivity contribution >= 4 is 5.91 Å². The molecule has 0 spiro atoms. The molecule has 1 saturated carbocycles. The summed E-state index contributed by atoms with van der Waals surface area (Å²) in [6, 6.07) is 5.69. The Kier molecular flexibility index (Phi) is 4.76. The van der Waals surface area contributed by atoms with Crippen LogP contribution in [0.15, 0.2) is 24.3 Å². The van der Waals surface area contributed by atoms with E-state index >= 15 is 0 Å². The Morgan fingerprint density at radius 1 is 1.30 bits per heavy atom. The highest BCUT2D eigenvalue weighted by Crippen LogP contribution is 2.31. The first-order valence-corrected chi connectivity index (χ1v) is 7.30. The van der Waals surface area contributed by atoms with E-state index in [0.717, 1.165) is 18.4 Å². The molecular formula is C16H23FN2O. The minimum Gasteiger partial charge on any atom is -0.368 e. The summed E-state index contributed by atoms with van der Waals surface area (Å²) in [5.41, 5.74) is 6.24. The van der Waals surface area contributed by atoms with Gasteiger partial charge < -0.3 is 5.73 Å². The van der Waals surface area contributed by atoms with Crippen LogP contribution in [0.5, 0.6) is 0 Å². The van der Waals surface area contributed by atoms with Crippen LogP contribution in [0.3, 0.4) is 0 Å². The second-order valence-corrected chi connectivity index (χ2v) is 5.93. The van der Waals surface area contributed by atoms with Crippen LogP contribution in [0.25, 0.3) is 0 Å². The van der Waals surface area contributed by atoms with Gasteiger partial charge >= 0.3 is 0 Å². The summed E-state index contributed by atoms with van der Waals surface area (Å²) in [6.07, 6.45) is 3.45. The summed E-state index contributed by atoms with van der Waals surface area (Å²) in [5.74, 6) is 0.424. The van der Waals surface area contributed by atoms with E-state index in [9.17, 15) is 9.18 Å². The monoisotopic (exact) mass is 278 g/mol. The SMILES string of the molecule is CC1CCCC(NC(C(N)=O)c2ccc(F)cc2)C1C. The molecule has 0 radical (unpaired) electrons. The quantitative estimate of drug-likeness (QED) is 0.889. The summed E-state index contributed by atoms with van der Waals surface area (Å²) in [5, 5.41) is 3.37. The molecule has 3 nitrogen and oxygen atoms in total. The predicted octanol–water partition coefficient (Wildman–Crippen LogP) is 2.77. The second-order valence-electron chi connectivity index (χ2n) is 5.93. The Balaban J connectivity index is 2.13. The van der Waals surface area contributed by atoms with E-state index in [-0.39, 0.29) is 11.9 Å². The third kappa shape index (κ3) is 3.37. The lowest BCUT2D eigenvalue weighted by Gasteiger charge is -2.36. The highest BCUT2D eigenvalue weighted by molar-refractivity contribution is 5.81. The first-order chi connectivity index (χ1) is 9.49. The minimum absolute atomic E-state index is 0.279. The van der Waals surface area contributed by atoms with Crippen molar-refractivity contribution < 1.29 is 9.18 Å². The van der Waals surface area contributed by atoms with Crippen molar-refractivity contribution in [2.45, 2.75) is 45.2 Å². The van der Waals surface area contributed by atoms with E-state index in [1.165, 1.54) is 18.6 Å². The third-order valence-electron chi connectivity index (χ3n) is 4.58. The lowest BCUT2D eigenvalue weighted by molar-refractivity contribution is -0.120. The van der Waals surface area contributed by atoms with Crippen LogP contribution >= 0.6 is 0 Å². The largest absolute Gasteiger partial charge is 0.368 e. The number of benzene rings is 1. The molecule has 1 aromatic rings. The van der Waals surface area contributed by atoms with Gasteiger partial charge in [-0.3, -0.25) is 10.1 Å². The average molecular weight is 278 g/mol. The van der Waals surface area contributed by atoms with Crippen molar-refractivity contribution in [1.82, 2.24) is 5.32 Å². The molecular weight excluding hydrogens is 255 g/mol. The zero-order chi connectivity index (χ0) is 14.7. The lowest BCUT2D eigenvalue weighted by Crippen LogP contribution is -2.46. The van der Waals surface area contributed by atoms with Gasteiger partial charge in [-0.15, -0.1) is 0 Å². The van der Waals surface area contributed by atoms with Crippen molar-refractivity contribution in [2.75, 3.05) is 0 Å². The minimum atomic E-state index is -0.548. The fourth-order valence-corrected chi connectivity index (χ4v) is 3.03. The molecule has 110 valence electrons. The van der Waals surface area contributed by atoms with E-state index in [2.05, 4.69) is 19.2 Å². The number of nitrogens with two attached hydrogens (primary N) is 1. The number of amides is 1. The number of carbonyl (C=O) groups excluding carboxylic acids is 1.